The van der Waals surface area contributed by atoms with Crippen molar-refractivity contribution in [3.63, 3.8) is 0 Å². The molecule has 20 heavy (non-hydrogen) atoms. The van der Waals surface area contributed by atoms with Crippen LogP contribution in [0.1, 0.15) is 32.1 Å². The molecule has 0 aromatic rings. The third-order valence-corrected chi connectivity index (χ3v) is 8.35. The van der Waals surface area contributed by atoms with Gasteiger partial charge >= 0.3 is 15.2 Å². The van der Waals surface area contributed by atoms with Gasteiger partial charge in [0.2, 0.25) is 0 Å². The number of hydrogen-bond donors (Lipinski definition) is 6. The summed E-state index contributed by atoms with van der Waals surface area (Å²) in [4.78, 5) is 36.7. The molecule has 1 aliphatic carbocycles. The van der Waals surface area contributed by atoms with Crippen LogP contribution < -0.4 is 5.32 Å². The minimum Gasteiger partial charge on any atom is -0.367 e. The molecule has 1 heterocycles. The predicted molar refractivity (Wildman–Crippen MR) is 70.9 cm³/mol. The summed E-state index contributed by atoms with van der Waals surface area (Å²) in [6, 6.07) is -0.481. The van der Waals surface area contributed by atoms with Gasteiger partial charge in [0.25, 0.3) is 5.08 Å². The zero-order valence-electron chi connectivity index (χ0n) is 10.9. The second-order valence-corrected chi connectivity index (χ2v) is 9.80. The maximum absolute atomic E-state index is 11.4. The van der Waals surface area contributed by atoms with Crippen LogP contribution >= 0.6 is 15.2 Å². The Hall–Kier alpha value is 0.220. The lowest BCUT2D eigenvalue weighted by molar-refractivity contribution is 0.103. The first kappa shape index (κ1) is 16.6. The molecule has 2 rings (SSSR count). The Bertz CT molecular complexity index is 437. The van der Waals surface area contributed by atoms with Gasteiger partial charge in [-0.1, -0.05) is 12.8 Å². The van der Waals surface area contributed by atoms with Crippen LogP contribution in [0.25, 0.3) is 0 Å². The smallest absolute Gasteiger partial charge is 0.367 e. The van der Waals surface area contributed by atoms with Crippen LogP contribution in [0.3, 0.4) is 0 Å². The average Bonchev–Trinajstić information content (AvgIpc) is 2.70. The van der Waals surface area contributed by atoms with Gasteiger partial charge in [0.15, 0.2) is 0 Å². The summed E-state index contributed by atoms with van der Waals surface area (Å²) in [7, 11) is -10.7. The Morgan fingerprint density at radius 3 is 2.15 bits per heavy atom. The van der Waals surface area contributed by atoms with Gasteiger partial charge in [0.1, 0.15) is 0 Å². The topological polar surface area (TPSA) is 147 Å². The fourth-order valence-electron chi connectivity index (χ4n) is 3.40. The molecule has 0 spiro atoms. The summed E-state index contributed by atoms with van der Waals surface area (Å²) in [5.41, 5.74) is 0. The molecule has 1 aliphatic heterocycles. The lowest BCUT2D eigenvalue weighted by atomic mass is 9.78. The Labute approximate surface area is 116 Å². The van der Waals surface area contributed by atoms with Crippen molar-refractivity contribution in [1.29, 1.82) is 0 Å². The molecular formula is C10H21NO7P2. The van der Waals surface area contributed by atoms with E-state index in [0.717, 1.165) is 25.7 Å². The van der Waals surface area contributed by atoms with Crippen LogP contribution in [0.4, 0.5) is 0 Å². The van der Waals surface area contributed by atoms with E-state index in [1.54, 1.807) is 0 Å². The van der Waals surface area contributed by atoms with Gasteiger partial charge in [-0.15, -0.1) is 0 Å². The van der Waals surface area contributed by atoms with Gasteiger partial charge < -0.3 is 30.0 Å². The molecule has 6 N–H and O–H groups in total. The van der Waals surface area contributed by atoms with Crippen molar-refractivity contribution in [1.82, 2.24) is 5.32 Å². The van der Waals surface area contributed by atoms with Crippen molar-refractivity contribution in [3.8, 4) is 0 Å². The number of aliphatic hydroxyl groups is 1. The summed E-state index contributed by atoms with van der Waals surface area (Å²) in [5, 5.41) is 9.72. The first-order valence-corrected chi connectivity index (χ1v) is 9.86. The van der Waals surface area contributed by atoms with Gasteiger partial charge in [0.05, 0.1) is 0 Å². The van der Waals surface area contributed by atoms with Gasteiger partial charge in [-0.25, -0.2) is 0 Å². The van der Waals surface area contributed by atoms with E-state index in [2.05, 4.69) is 5.32 Å². The molecule has 0 amide bonds. The monoisotopic (exact) mass is 329 g/mol. The van der Waals surface area contributed by atoms with Crippen molar-refractivity contribution >= 4 is 15.2 Å². The van der Waals surface area contributed by atoms with Gasteiger partial charge in [-0.2, -0.15) is 0 Å². The van der Waals surface area contributed by atoms with Crippen LogP contribution in [0.15, 0.2) is 0 Å². The first-order chi connectivity index (χ1) is 9.06. The maximum atomic E-state index is 11.4. The molecule has 0 bridgehead atoms. The van der Waals surface area contributed by atoms with E-state index in [1.807, 2.05) is 0 Å². The van der Waals surface area contributed by atoms with Crippen LogP contribution in [0, 0.1) is 11.8 Å². The zero-order valence-corrected chi connectivity index (χ0v) is 12.7. The highest BCUT2D eigenvalue weighted by molar-refractivity contribution is 7.72. The number of nitrogens with one attached hydrogen (secondary N) is 1. The fraction of sp³-hybridized carbons (Fsp3) is 1.00. The van der Waals surface area contributed by atoms with Crippen molar-refractivity contribution in [2.75, 3.05) is 6.54 Å². The summed E-state index contributed by atoms with van der Waals surface area (Å²) >= 11 is 0. The van der Waals surface area contributed by atoms with E-state index in [-0.39, 0.29) is 5.92 Å². The SMILES string of the molecule is O=P(O)(O)C(O)(CC1NCC2CCCCC21)P(=O)(O)O. The van der Waals surface area contributed by atoms with Crippen molar-refractivity contribution in [2.45, 2.75) is 43.2 Å². The third kappa shape index (κ3) is 2.89. The number of fused-ring (bicyclic) bond motifs is 1. The molecule has 2 aliphatic rings. The molecule has 0 radical (unpaired) electrons. The van der Waals surface area contributed by atoms with Gasteiger partial charge in [-0.05, 0) is 31.2 Å². The highest BCUT2D eigenvalue weighted by atomic mass is 31.2. The fourth-order valence-corrected chi connectivity index (χ4v) is 5.63. The highest BCUT2D eigenvalue weighted by Gasteiger charge is 2.61. The van der Waals surface area contributed by atoms with E-state index in [1.165, 1.54) is 0 Å². The first-order valence-electron chi connectivity index (χ1n) is 6.63. The molecule has 0 aromatic carbocycles. The zero-order chi connectivity index (χ0) is 15.2. The minimum absolute atomic E-state index is 0.105. The molecule has 1 saturated carbocycles. The molecule has 0 aromatic heterocycles. The summed E-state index contributed by atoms with van der Waals surface area (Å²) in [6.07, 6.45) is 3.29. The van der Waals surface area contributed by atoms with E-state index in [4.69, 9.17) is 19.6 Å². The van der Waals surface area contributed by atoms with Gasteiger partial charge in [-0.3, -0.25) is 9.13 Å². The molecule has 3 unspecified atom stereocenters. The maximum Gasteiger partial charge on any atom is 0.369 e. The molecule has 118 valence electrons. The summed E-state index contributed by atoms with van der Waals surface area (Å²) in [5.74, 6) is 0.458. The second kappa shape index (κ2) is 5.45. The lowest BCUT2D eigenvalue weighted by Crippen LogP contribution is -2.40. The molecule has 10 heteroatoms. The van der Waals surface area contributed by atoms with Crippen molar-refractivity contribution in [3.05, 3.63) is 0 Å². The number of rotatable bonds is 4. The van der Waals surface area contributed by atoms with Gasteiger partial charge in [0, 0.05) is 12.5 Å². The normalized spacial score (nSPS) is 32.1. The molecule has 1 saturated heterocycles. The second-order valence-electron chi connectivity index (χ2n) is 5.79. The lowest BCUT2D eigenvalue weighted by Gasteiger charge is -2.35. The Morgan fingerprint density at radius 1 is 1.05 bits per heavy atom. The molecular weight excluding hydrogens is 308 g/mol. The third-order valence-electron chi connectivity index (χ3n) is 4.55. The highest BCUT2D eigenvalue weighted by Crippen LogP contribution is 2.69. The largest absolute Gasteiger partial charge is 0.369 e. The molecule has 2 fully saturated rings. The Balaban J connectivity index is 2.22. The molecule has 8 nitrogen and oxygen atoms in total. The van der Waals surface area contributed by atoms with E-state index < -0.39 is 32.7 Å². The van der Waals surface area contributed by atoms with Crippen LogP contribution in [-0.2, 0) is 9.13 Å². The van der Waals surface area contributed by atoms with Crippen LogP contribution in [0.5, 0.6) is 0 Å². The molecule has 3 atom stereocenters. The van der Waals surface area contributed by atoms with Crippen molar-refractivity contribution in [2.24, 2.45) is 11.8 Å². The Kier molecular flexibility index (Phi) is 4.52. The Morgan fingerprint density at radius 2 is 1.60 bits per heavy atom. The summed E-state index contributed by atoms with van der Waals surface area (Å²) < 4.78 is 22.7. The minimum atomic E-state index is -5.36. The van der Waals surface area contributed by atoms with Crippen LogP contribution in [0.2, 0.25) is 0 Å². The summed E-state index contributed by atoms with van der Waals surface area (Å²) in [6.45, 7) is 0.660. The number of hydrogen-bond acceptors (Lipinski definition) is 4. The quantitative estimate of drug-likeness (QED) is 0.400. The standard InChI is InChI=1S/C10H21NO7P2/c12-10(19(13,14)15,20(16,17)18)5-9-8-4-2-1-3-7(8)6-11-9/h7-9,11-12H,1-6H2,(H2,13,14,15)(H2,16,17,18). The van der Waals surface area contributed by atoms with E-state index >= 15 is 0 Å². The predicted octanol–water partition coefficient (Wildman–Crippen LogP) is 0.156. The average molecular weight is 329 g/mol. The van der Waals surface area contributed by atoms with Crippen LogP contribution in [-0.4, -0.2) is 42.3 Å². The van der Waals surface area contributed by atoms with E-state index in [9.17, 15) is 14.2 Å². The van der Waals surface area contributed by atoms with Crippen molar-refractivity contribution < 1.29 is 33.8 Å². The van der Waals surface area contributed by atoms with E-state index in [0.29, 0.717) is 12.5 Å².